The average molecular weight is 489 g/mol. The second-order valence-corrected chi connectivity index (χ2v) is 7.70. The number of anilines is 1. The van der Waals surface area contributed by atoms with E-state index in [1.165, 1.54) is 31.4 Å². The number of benzene rings is 3. The highest BCUT2D eigenvalue weighted by Gasteiger charge is 2.34. The van der Waals surface area contributed by atoms with Crippen LogP contribution in [0.2, 0.25) is 0 Å². The molecule has 182 valence electrons. The largest absolute Gasteiger partial charge is 0.496 e. The van der Waals surface area contributed by atoms with E-state index in [0.717, 1.165) is 11.0 Å². The number of carbonyl (C=O) groups is 4. The molecule has 1 N–H and O–H groups in total. The normalized spacial score (nSPS) is 12.2. The fraction of sp³-hybridized carbons (Fsp3) is 0.120. The molecule has 0 aromatic heterocycles. The van der Waals surface area contributed by atoms with Crippen molar-refractivity contribution in [1.82, 2.24) is 4.90 Å². The van der Waals surface area contributed by atoms with E-state index in [2.05, 4.69) is 5.32 Å². The first-order valence-corrected chi connectivity index (χ1v) is 10.6. The van der Waals surface area contributed by atoms with Crippen molar-refractivity contribution < 1.29 is 33.6 Å². The van der Waals surface area contributed by atoms with Crippen LogP contribution in [-0.4, -0.2) is 47.2 Å². The van der Waals surface area contributed by atoms with Crippen molar-refractivity contribution in [3.05, 3.63) is 99.1 Å². The monoisotopic (exact) mass is 489 g/mol. The Bertz CT molecular complexity index is 1350. The van der Waals surface area contributed by atoms with E-state index in [4.69, 9.17) is 9.47 Å². The smallest absolute Gasteiger partial charge is 0.338 e. The van der Waals surface area contributed by atoms with Crippen LogP contribution in [-0.2, 0) is 16.1 Å². The Kier molecular flexibility index (Phi) is 6.72. The number of imide groups is 1. The zero-order valence-electron chi connectivity index (χ0n) is 18.9. The van der Waals surface area contributed by atoms with E-state index in [1.807, 2.05) is 0 Å². The molecule has 3 aromatic rings. The number of methoxy groups -OCH3 is 1. The van der Waals surface area contributed by atoms with Gasteiger partial charge < -0.3 is 14.8 Å². The second-order valence-electron chi connectivity index (χ2n) is 7.70. The number of rotatable bonds is 8. The molecule has 11 heteroatoms. The van der Waals surface area contributed by atoms with Gasteiger partial charge >= 0.3 is 5.97 Å². The van der Waals surface area contributed by atoms with Gasteiger partial charge in [-0.15, -0.1) is 0 Å². The molecular weight excluding hydrogens is 470 g/mol. The number of hydrogen-bond acceptors (Lipinski definition) is 8. The number of amides is 3. The Labute approximate surface area is 204 Å². The molecule has 0 spiro atoms. The Morgan fingerprint density at radius 1 is 0.972 bits per heavy atom. The second kappa shape index (κ2) is 10.1. The van der Waals surface area contributed by atoms with Gasteiger partial charge in [0.15, 0.2) is 6.61 Å². The van der Waals surface area contributed by atoms with E-state index >= 15 is 0 Å². The maximum absolute atomic E-state index is 12.5. The van der Waals surface area contributed by atoms with Gasteiger partial charge in [0.2, 0.25) is 0 Å². The molecule has 36 heavy (non-hydrogen) atoms. The van der Waals surface area contributed by atoms with Crippen LogP contribution in [0.1, 0.15) is 36.6 Å². The molecule has 1 heterocycles. The molecule has 1 aliphatic rings. The zero-order valence-corrected chi connectivity index (χ0v) is 18.9. The summed E-state index contributed by atoms with van der Waals surface area (Å²) in [6.45, 7) is -0.635. The van der Waals surface area contributed by atoms with Crippen LogP contribution in [0.5, 0.6) is 5.75 Å². The van der Waals surface area contributed by atoms with Gasteiger partial charge in [0.25, 0.3) is 23.4 Å². The Balaban J connectivity index is 1.33. The summed E-state index contributed by atoms with van der Waals surface area (Å²) in [4.78, 5) is 61.2. The molecule has 11 nitrogen and oxygen atoms in total. The lowest BCUT2D eigenvalue weighted by Crippen LogP contribution is -2.29. The van der Waals surface area contributed by atoms with Crippen LogP contribution in [0, 0.1) is 10.1 Å². The van der Waals surface area contributed by atoms with Crippen LogP contribution >= 0.6 is 0 Å². The quantitative estimate of drug-likeness (QED) is 0.220. The van der Waals surface area contributed by atoms with Gasteiger partial charge in [0, 0.05) is 0 Å². The van der Waals surface area contributed by atoms with Crippen LogP contribution < -0.4 is 10.1 Å². The molecule has 3 aromatic carbocycles. The summed E-state index contributed by atoms with van der Waals surface area (Å²) in [6.07, 6.45) is 0. The SMILES string of the molecule is COc1ccc(NC(=O)COC(=O)c2ccc(CN3C(=O)c4ccccc4C3=O)cc2)c([N+](=O)[O-])c1. The van der Waals surface area contributed by atoms with Crippen molar-refractivity contribution in [2.24, 2.45) is 0 Å². The number of esters is 1. The number of carbonyl (C=O) groups excluding carboxylic acids is 4. The van der Waals surface area contributed by atoms with Crippen molar-refractivity contribution in [3.8, 4) is 5.75 Å². The summed E-state index contributed by atoms with van der Waals surface area (Å²) in [5.41, 5.74) is 1.01. The molecule has 4 rings (SSSR count). The third-order valence-electron chi connectivity index (χ3n) is 5.42. The van der Waals surface area contributed by atoms with Gasteiger partial charge in [0.05, 0.1) is 41.3 Å². The van der Waals surface area contributed by atoms with E-state index < -0.39 is 23.4 Å². The molecule has 0 unspecified atom stereocenters. The van der Waals surface area contributed by atoms with Crippen LogP contribution in [0.4, 0.5) is 11.4 Å². The van der Waals surface area contributed by atoms with Gasteiger partial charge in [-0.1, -0.05) is 24.3 Å². The number of nitro benzene ring substituents is 1. The summed E-state index contributed by atoms with van der Waals surface area (Å²) in [5.74, 6) is -2.08. The maximum atomic E-state index is 12.5. The molecule has 1 aliphatic heterocycles. The Morgan fingerprint density at radius 3 is 2.19 bits per heavy atom. The number of fused-ring (bicyclic) bond motifs is 1. The van der Waals surface area contributed by atoms with Gasteiger partial charge in [-0.25, -0.2) is 4.79 Å². The minimum absolute atomic E-state index is 0.0325. The van der Waals surface area contributed by atoms with E-state index in [1.54, 1.807) is 36.4 Å². The number of nitro groups is 1. The molecular formula is C25H19N3O8. The third-order valence-corrected chi connectivity index (χ3v) is 5.42. The topological polar surface area (TPSA) is 145 Å². The fourth-order valence-corrected chi connectivity index (χ4v) is 3.61. The molecule has 0 aliphatic carbocycles. The summed E-state index contributed by atoms with van der Waals surface area (Å²) in [5, 5.41) is 13.6. The number of nitrogens with one attached hydrogen (secondary N) is 1. The first-order valence-electron chi connectivity index (χ1n) is 10.6. The third kappa shape index (κ3) is 4.89. The number of ether oxygens (including phenoxy) is 2. The predicted octanol–water partition coefficient (Wildman–Crippen LogP) is 3.20. The first kappa shape index (κ1) is 24.1. The number of nitrogens with zero attached hydrogens (tertiary/aromatic N) is 2. The molecule has 0 saturated heterocycles. The number of hydrogen-bond donors (Lipinski definition) is 1. The van der Waals surface area contributed by atoms with Crippen LogP contribution in [0.15, 0.2) is 66.7 Å². The summed E-state index contributed by atoms with van der Waals surface area (Å²) in [7, 11) is 1.35. The highest BCUT2D eigenvalue weighted by molar-refractivity contribution is 6.21. The van der Waals surface area contributed by atoms with E-state index in [9.17, 15) is 29.3 Å². The first-order chi connectivity index (χ1) is 17.3. The molecule has 0 atom stereocenters. The fourth-order valence-electron chi connectivity index (χ4n) is 3.61. The van der Waals surface area contributed by atoms with Crippen molar-refractivity contribution >= 4 is 35.1 Å². The van der Waals surface area contributed by atoms with Crippen LogP contribution in [0.3, 0.4) is 0 Å². The summed E-state index contributed by atoms with van der Waals surface area (Å²) in [6, 6.07) is 16.5. The standard InChI is InChI=1S/C25H19N3O8/c1-35-17-10-11-20(21(12-17)28(33)34)26-22(29)14-36-25(32)16-8-6-15(7-9-16)13-27-23(30)18-4-2-3-5-19(18)24(27)31/h2-12H,13-14H2,1H3,(H,26,29). The zero-order chi connectivity index (χ0) is 25.8. The van der Waals surface area contributed by atoms with E-state index in [-0.39, 0.29) is 41.0 Å². The molecule has 0 radical (unpaired) electrons. The lowest BCUT2D eigenvalue weighted by atomic mass is 10.1. The Morgan fingerprint density at radius 2 is 1.61 bits per heavy atom. The van der Waals surface area contributed by atoms with Crippen molar-refractivity contribution in [2.75, 3.05) is 19.0 Å². The van der Waals surface area contributed by atoms with Crippen molar-refractivity contribution in [3.63, 3.8) is 0 Å². The summed E-state index contributed by atoms with van der Waals surface area (Å²) < 4.78 is 9.93. The van der Waals surface area contributed by atoms with Crippen molar-refractivity contribution in [1.29, 1.82) is 0 Å². The molecule has 0 saturated carbocycles. The van der Waals surface area contributed by atoms with Gasteiger partial charge in [-0.2, -0.15) is 0 Å². The lowest BCUT2D eigenvalue weighted by Gasteiger charge is -2.14. The summed E-state index contributed by atoms with van der Waals surface area (Å²) >= 11 is 0. The molecule has 0 bridgehead atoms. The highest BCUT2D eigenvalue weighted by Crippen LogP contribution is 2.29. The Hall–Kier alpha value is -5.06. The van der Waals surface area contributed by atoms with Gasteiger partial charge in [-0.3, -0.25) is 29.4 Å². The minimum Gasteiger partial charge on any atom is -0.496 e. The predicted molar refractivity (Wildman–Crippen MR) is 126 cm³/mol. The maximum Gasteiger partial charge on any atom is 0.338 e. The van der Waals surface area contributed by atoms with Crippen LogP contribution in [0.25, 0.3) is 0 Å². The van der Waals surface area contributed by atoms with Crippen molar-refractivity contribution in [2.45, 2.75) is 6.54 Å². The average Bonchev–Trinajstić information content (AvgIpc) is 3.12. The minimum atomic E-state index is -0.790. The van der Waals surface area contributed by atoms with Gasteiger partial charge in [0.1, 0.15) is 11.4 Å². The van der Waals surface area contributed by atoms with Gasteiger partial charge in [-0.05, 0) is 42.0 Å². The molecule has 0 fully saturated rings. The highest BCUT2D eigenvalue weighted by atomic mass is 16.6. The lowest BCUT2D eigenvalue weighted by molar-refractivity contribution is -0.384. The molecule has 3 amide bonds. The van der Waals surface area contributed by atoms with E-state index in [0.29, 0.717) is 16.7 Å².